The quantitative estimate of drug-likeness (QED) is 0.580. The molecule has 0 spiro atoms. The van der Waals surface area contributed by atoms with E-state index in [9.17, 15) is 9.59 Å². The van der Waals surface area contributed by atoms with E-state index in [1.165, 1.54) is 5.01 Å². The number of hydrazone groups is 1. The zero-order chi connectivity index (χ0) is 24.1. The third kappa shape index (κ3) is 4.76. The largest absolute Gasteiger partial charge is 0.493 e. The molecular weight excluding hydrogens is 432 g/mol. The lowest BCUT2D eigenvalue weighted by Crippen LogP contribution is -2.44. The lowest BCUT2D eigenvalue weighted by Gasteiger charge is -2.32. The number of nitrogens with zero attached hydrogens (tertiary/aromatic N) is 3. The maximum Gasteiger partial charge on any atom is 0.271 e. The van der Waals surface area contributed by atoms with Gasteiger partial charge in [0, 0.05) is 24.6 Å². The molecule has 1 aliphatic heterocycles. The summed E-state index contributed by atoms with van der Waals surface area (Å²) in [5.41, 5.74) is 3.49. The van der Waals surface area contributed by atoms with Gasteiger partial charge in [-0.2, -0.15) is 5.10 Å². The van der Waals surface area contributed by atoms with Gasteiger partial charge in [0.2, 0.25) is 5.91 Å². The molecule has 0 fully saturated rings. The van der Waals surface area contributed by atoms with Crippen LogP contribution in [0.1, 0.15) is 46.2 Å². The van der Waals surface area contributed by atoms with Crippen LogP contribution in [0.4, 0.5) is 0 Å². The standard InChI is InChI=1S/C26H26N4O4/c1-17-8-4-5-9-19(17)25(28-26(32)21-10-6-7-15-27-21)30-24(31)14-12-20(29-30)18-11-13-22(33-2)23(16-18)34-3/h4-11,13,15-16,25H,12,14H2,1-3H3,(H,28,32). The number of ether oxygens (including phenoxy) is 2. The molecule has 2 amide bonds. The van der Waals surface area contributed by atoms with Crippen LogP contribution in [0.25, 0.3) is 0 Å². The zero-order valence-electron chi connectivity index (χ0n) is 19.3. The highest BCUT2D eigenvalue weighted by Crippen LogP contribution is 2.31. The molecule has 4 rings (SSSR count). The van der Waals surface area contributed by atoms with E-state index in [1.807, 2.05) is 43.3 Å². The summed E-state index contributed by atoms with van der Waals surface area (Å²) in [7, 11) is 3.15. The summed E-state index contributed by atoms with van der Waals surface area (Å²) in [5, 5.41) is 9.01. The van der Waals surface area contributed by atoms with Crippen LogP contribution >= 0.6 is 0 Å². The SMILES string of the molecule is COc1ccc(C2=NN(C(NC(=O)c3ccccn3)c3ccccc3C)C(=O)CC2)cc1OC. The molecule has 1 atom stereocenters. The number of hydrogen-bond acceptors (Lipinski definition) is 6. The van der Waals surface area contributed by atoms with Gasteiger partial charge in [-0.15, -0.1) is 0 Å². The number of aromatic nitrogens is 1. The number of carbonyl (C=O) groups excluding carboxylic acids is 2. The molecule has 1 unspecified atom stereocenters. The fraction of sp³-hybridized carbons (Fsp3) is 0.231. The van der Waals surface area contributed by atoms with E-state index in [2.05, 4.69) is 10.3 Å². The van der Waals surface area contributed by atoms with E-state index in [4.69, 9.17) is 14.6 Å². The second kappa shape index (κ2) is 10.2. The summed E-state index contributed by atoms with van der Waals surface area (Å²) < 4.78 is 10.8. The van der Waals surface area contributed by atoms with Crippen molar-refractivity contribution in [3.63, 3.8) is 0 Å². The Morgan fingerprint density at radius 3 is 2.47 bits per heavy atom. The Labute approximate surface area is 198 Å². The summed E-state index contributed by atoms with van der Waals surface area (Å²) >= 11 is 0. The van der Waals surface area contributed by atoms with Crippen LogP contribution in [0.2, 0.25) is 0 Å². The summed E-state index contributed by atoms with van der Waals surface area (Å²) in [6, 6.07) is 18.2. The van der Waals surface area contributed by atoms with Gasteiger partial charge in [0.15, 0.2) is 17.7 Å². The molecule has 0 radical (unpaired) electrons. The summed E-state index contributed by atoms with van der Waals surface area (Å²) in [6.07, 6.45) is 1.49. The molecule has 0 saturated carbocycles. The van der Waals surface area contributed by atoms with Crippen LogP contribution in [-0.4, -0.2) is 41.7 Å². The van der Waals surface area contributed by atoms with Crippen LogP contribution in [-0.2, 0) is 4.79 Å². The van der Waals surface area contributed by atoms with Gasteiger partial charge < -0.3 is 14.8 Å². The normalized spacial score (nSPS) is 14.3. The number of rotatable bonds is 7. The van der Waals surface area contributed by atoms with E-state index in [1.54, 1.807) is 44.7 Å². The van der Waals surface area contributed by atoms with Crippen molar-refractivity contribution in [2.45, 2.75) is 25.9 Å². The molecule has 8 heteroatoms. The van der Waals surface area contributed by atoms with Crippen LogP contribution in [0, 0.1) is 6.92 Å². The molecular formula is C26H26N4O4. The first-order chi connectivity index (χ1) is 16.5. The Hall–Kier alpha value is -4.20. The second-order valence-corrected chi connectivity index (χ2v) is 7.80. The number of hydrogen-bond donors (Lipinski definition) is 1. The molecule has 0 aliphatic carbocycles. The molecule has 1 aliphatic rings. The van der Waals surface area contributed by atoms with Crippen molar-refractivity contribution in [2.24, 2.45) is 5.10 Å². The van der Waals surface area contributed by atoms with Gasteiger partial charge in [-0.25, -0.2) is 5.01 Å². The number of nitrogens with one attached hydrogen (secondary N) is 1. The summed E-state index contributed by atoms with van der Waals surface area (Å²) in [5.74, 6) is 0.606. The van der Waals surface area contributed by atoms with Crippen molar-refractivity contribution >= 4 is 17.5 Å². The van der Waals surface area contributed by atoms with Gasteiger partial charge in [-0.3, -0.25) is 14.6 Å². The Balaban J connectivity index is 1.74. The number of carbonyl (C=O) groups is 2. The predicted molar refractivity (Wildman–Crippen MR) is 128 cm³/mol. The highest BCUT2D eigenvalue weighted by molar-refractivity contribution is 6.04. The maximum absolute atomic E-state index is 13.0. The zero-order valence-corrected chi connectivity index (χ0v) is 19.3. The number of benzene rings is 2. The first-order valence-corrected chi connectivity index (χ1v) is 10.9. The van der Waals surface area contributed by atoms with Crippen LogP contribution < -0.4 is 14.8 Å². The Morgan fingerprint density at radius 1 is 1.00 bits per heavy atom. The molecule has 3 aromatic rings. The highest BCUT2D eigenvalue weighted by Gasteiger charge is 2.32. The van der Waals surface area contributed by atoms with Gasteiger partial charge in [0.1, 0.15) is 5.69 Å². The third-order valence-corrected chi connectivity index (χ3v) is 5.67. The highest BCUT2D eigenvalue weighted by atomic mass is 16.5. The number of methoxy groups -OCH3 is 2. The van der Waals surface area contributed by atoms with Gasteiger partial charge in [-0.05, 0) is 48.4 Å². The van der Waals surface area contributed by atoms with Crippen molar-refractivity contribution in [2.75, 3.05) is 14.2 Å². The van der Waals surface area contributed by atoms with E-state index >= 15 is 0 Å². The Kier molecular flexibility index (Phi) is 6.87. The van der Waals surface area contributed by atoms with Crippen molar-refractivity contribution in [1.82, 2.24) is 15.3 Å². The minimum atomic E-state index is -0.793. The molecule has 2 heterocycles. The fourth-order valence-corrected chi connectivity index (χ4v) is 3.85. The van der Waals surface area contributed by atoms with Crippen LogP contribution in [0.5, 0.6) is 11.5 Å². The van der Waals surface area contributed by atoms with Gasteiger partial charge in [0.05, 0.1) is 19.9 Å². The predicted octanol–water partition coefficient (Wildman–Crippen LogP) is 3.86. The first-order valence-electron chi connectivity index (χ1n) is 10.9. The lowest BCUT2D eigenvalue weighted by molar-refractivity contribution is -0.134. The topological polar surface area (TPSA) is 93.1 Å². The van der Waals surface area contributed by atoms with Crippen molar-refractivity contribution in [1.29, 1.82) is 0 Å². The minimum Gasteiger partial charge on any atom is -0.493 e. The number of pyridine rings is 1. The van der Waals surface area contributed by atoms with Crippen LogP contribution in [0.15, 0.2) is 72.0 Å². The molecule has 0 bridgehead atoms. The smallest absolute Gasteiger partial charge is 0.271 e. The van der Waals surface area contributed by atoms with E-state index in [0.29, 0.717) is 23.6 Å². The third-order valence-electron chi connectivity index (χ3n) is 5.67. The summed E-state index contributed by atoms with van der Waals surface area (Å²) in [6.45, 7) is 1.93. The molecule has 34 heavy (non-hydrogen) atoms. The molecule has 1 N–H and O–H groups in total. The van der Waals surface area contributed by atoms with Crippen molar-refractivity contribution in [3.8, 4) is 11.5 Å². The minimum absolute atomic E-state index is 0.182. The molecule has 2 aromatic carbocycles. The summed E-state index contributed by atoms with van der Waals surface area (Å²) in [4.78, 5) is 30.2. The maximum atomic E-state index is 13.0. The molecule has 1 aromatic heterocycles. The van der Waals surface area contributed by atoms with E-state index < -0.39 is 12.1 Å². The molecule has 0 saturated heterocycles. The number of amides is 2. The molecule has 174 valence electrons. The van der Waals surface area contributed by atoms with Crippen LogP contribution in [0.3, 0.4) is 0 Å². The van der Waals surface area contributed by atoms with Gasteiger partial charge in [-0.1, -0.05) is 30.3 Å². The van der Waals surface area contributed by atoms with Crippen molar-refractivity contribution < 1.29 is 19.1 Å². The second-order valence-electron chi connectivity index (χ2n) is 7.80. The average Bonchev–Trinajstić information content (AvgIpc) is 2.88. The van der Waals surface area contributed by atoms with E-state index in [0.717, 1.165) is 16.7 Å². The van der Waals surface area contributed by atoms with Gasteiger partial charge >= 0.3 is 0 Å². The monoisotopic (exact) mass is 458 g/mol. The molecule has 8 nitrogen and oxygen atoms in total. The Bertz CT molecular complexity index is 1230. The first kappa shape index (κ1) is 23.0. The van der Waals surface area contributed by atoms with Gasteiger partial charge in [0.25, 0.3) is 5.91 Å². The fourth-order valence-electron chi connectivity index (χ4n) is 3.85. The average molecular weight is 459 g/mol. The van der Waals surface area contributed by atoms with E-state index in [-0.39, 0.29) is 18.0 Å². The Morgan fingerprint density at radius 2 is 1.76 bits per heavy atom. The van der Waals surface area contributed by atoms with Crippen molar-refractivity contribution in [3.05, 3.63) is 89.2 Å². The lowest BCUT2D eigenvalue weighted by atomic mass is 10.0. The number of aryl methyl sites for hydroxylation is 1.